The Morgan fingerprint density at radius 3 is 2.58 bits per heavy atom. The second kappa shape index (κ2) is 9.77. The average molecular weight is 447 g/mol. The Balaban J connectivity index is 1.40. The Hall–Kier alpha value is -3.16. The Morgan fingerprint density at radius 1 is 1.00 bits per heavy atom. The molecule has 2 aromatic carbocycles. The van der Waals surface area contributed by atoms with Crippen LogP contribution in [0.4, 0.5) is 0 Å². The molecule has 2 aliphatic rings. The molecule has 1 aromatic heterocycles. The minimum absolute atomic E-state index is 0.00668. The normalized spacial score (nSPS) is 16.5. The molecular weight excluding hydrogens is 416 g/mol. The number of hydrogen-bond acceptors (Lipinski definition) is 5. The van der Waals surface area contributed by atoms with E-state index < -0.39 is 0 Å². The second-order valence-electron chi connectivity index (χ2n) is 8.77. The van der Waals surface area contributed by atoms with Gasteiger partial charge in [-0.05, 0) is 29.7 Å². The van der Waals surface area contributed by atoms with E-state index in [0.717, 1.165) is 43.6 Å². The van der Waals surface area contributed by atoms with Gasteiger partial charge in [0, 0.05) is 56.9 Å². The number of rotatable bonds is 6. The number of ether oxygens (including phenoxy) is 1. The van der Waals surface area contributed by atoms with Crippen LogP contribution in [-0.4, -0.2) is 63.4 Å². The standard InChI is InChI=1S/C26H30N4O3/c31-22-8-4-7-21(17-22)18-28-11-10-24-23(19-28)25(26(32)29-13-15-33-16-14-29)27-30(24)12-9-20-5-2-1-3-6-20/h1-8,17,31H,9-16,18-19H2. The number of phenols is 1. The molecule has 1 amide bonds. The van der Waals surface area contributed by atoms with Gasteiger partial charge in [-0.25, -0.2) is 0 Å². The molecule has 1 N–H and O–H groups in total. The van der Waals surface area contributed by atoms with Gasteiger partial charge in [0.05, 0.1) is 13.2 Å². The van der Waals surface area contributed by atoms with Crippen LogP contribution in [0.15, 0.2) is 54.6 Å². The van der Waals surface area contributed by atoms with Gasteiger partial charge in [0.1, 0.15) is 5.75 Å². The molecule has 0 unspecified atom stereocenters. The van der Waals surface area contributed by atoms with Crippen molar-refractivity contribution in [1.29, 1.82) is 0 Å². The monoisotopic (exact) mass is 446 g/mol. The number of hydrogen-bond donors (Lipinski definition) is 1. The Morgan fingerprint density at radius 2 is 1.79 bits per heavy atom. The Bertz CT molecular complexity index is 1110. The van der Waals surface area contributed by atoms with E-state index in [9.17, 15) is 9.90 Å². The van der Waals surface area contributed by atoms with E-state index in [0.29, 0.717) is 38.5 Å². The molecule has 0 bridgehead atoms. The number of aromatic hydroxyl groups is 1. The smallest absolute Gasteiger partial charge is 0.274 e. The SMILES string of the molecule is O=C(c1nn(CCc2ccccc2)c2c1CN(Cc1cccc(O)c1)CC2)N1CCOCC1. The first-order chi connectivity index (χ1) is 16.2. The summed E-state index contributed by atoms with van der Waals surface area (Å²) in [6, 6.07) is 17.8. The summed E-state index contributed by atoms with van der Waals surface area (Å²) in [5, 5.41) is 14.7. The van der Waals surface area contributed by atoms with E-state index in [4.69, 9.17) is 9.84 Å². The molecule has 0 radical (unpaired) electrons. The fourth-order valence-corrected chi connectivity index (χ4v) is 4.75. The van der Waals surface area contributed by atoms with Crippen LogP contribution in [-0.2, 0) is 37.2 Å². The highest BCUT2D eigenvalue weighted by Crippen LogP contribution is 2.26. The van der Waals surface area contributed by atoms with E-state index in [1.165, 1.54) is 11.3 Å². The number of benzene rings is 2. The quantitative estimate of drug-likeness (QED) is 0.631. The van der Waals surface area contributed by atoms with Gasteiger partial charge >= 0.3 is 0 Å². The molecule has 0 aliphatic carbocycles. The van der Waals surface area contributed by atoms with Crippen molar-refractivity contribution >= 4 is 5.91 Å². The molecule has 2 aliphatic heterocycles. The summed E-state index contributed by atoms with van der Waals surface area (Å²) in [5.74, 6) is 0.286. The zero-order chi connectivity index (χ0) is 22.6. The number of morpholine rings is 1. The number of amides is 1. The number of aromatic nitrogens is 2. The molecule has 7 heteroatoms. The highest BCUT2D eigenvalue weighted by Gasteiger charge is 2.31. The van der Waals surface area contributed by atoms with Gasteiger partial charge in [-0.1, -0.05) is 42.5 Å². The van der Waals surface area contributed by atoms with Crippen molar-refractivity contribution in [2.24, 2.45) is 0 Å². The third kappa shape index (κ3) is 4.94. The summed E-state index contributed by atoms with van der Waals surface area (Å²) in [7, 11) is 0. The molecule has 5 rings (SSSR count). The highest BCUT2D eigenvalue weighted by atomic mass is 16.5. The lowest BCUT2D eigenvalue weighted by atomic mass is 10.0. The molecule has 33 heavy (non-hydrogen) atoms. The first kappa shape index (κ1) is 21.7. The van der Waals surface area contributed by atoms with Crippen LogP contribution in [0.3, 0.4) is 0 Å². The highest BCUT2D eigenvalue weighted by molar-refractivity contribution is 5.94. The fourth-order valence-electron chi connectivity index (χ4n) is 4.75. The molecule has 3 aromatic rings. The summed E-state index contributed by atoms with van der Waals surface area (Å²) in [5.41, 5.74) is 5.14. The predicted octanol–water partition coefficient (Wildman–Crippen LogP) is 2.86. The second-order valence-corrected chi connectivity index (χ2v) is 8.77. The van der Waals surface area contributed by atoms with Crippen LogP contribution in [0, 0.1) is 0 Å². The summed E-state index contributed by atoms with van der Waals surface area (Å²) >= 11 is 0. The molecule has 0 atom stereocenters. The van der Waals surface area contributed by atoms with Gasteiger partial charge in [0.2, 0.25) is 0 Å². The zero-order valence-corrected chi connectivity index (χ0v) is 18.8. The number of carbonyl (C=O) groups excluding carboxylic acids is 1. The van der Waals surface area contributed by atoms with Crippen LogP contribution in [0.5, 0.6) is 5.75 Å². The largest absolute Gasteiger partial charge is 0.508 e. The molecular formula is C26H30N4O3. The van der Waals surface area contributed by atoms with Gasteiger partial charge in [0.25, 0.3) is 5.91 Å². The Kier molecular flexibility index (Phi) is 6.41. The van der Waals surface area contributed by atoms with E-state index in [1.807, 2.05) is 23.1 Å². The lowest BCUT2D eigenvalue weighted by molar-refractivity contribution is 0.0297. The van der Waals surface area contributed by atoms with Gasteiger partial charge in [0.15, 0.2) is 5.69 Å². The average Bonchev–Trinajstić information content (AvgIpc) is 3.21. The first-order valence-electron chi connectivity index (χ1n) is 11.7. The minimum Gasteiger partial charge on any atom is -0.508 e. The number of phenolic OH excluding ortho intramolecular Hbond substituents is 1. The number of aryl methyl sites for hydroxylation is 2. The van der Waals surface area contributed by atoms with Crippen molar-refractivity contribution in [2.75, 3.05) is 32.8 Å². The van der Waals surface area contributed by atoms with Crippen LogP contribution in [0.25, 0.3) is 0 Å². The summed E-state index contributed by atoms with van der Waals surface area (Å²) in [6.45, 7) is 5.43. The van der Waals surface area contributed by atoms with E-state index in [2.05, 4.69) is 33.8 Å². The first-order valence-corrected chi connectivity index (χ1v) is 11.7. The number of fused-ring (bicyclic) bond motifs is 1. The van der Waals surface area contributed by atoms with Crippen molar-refractivity contribution in [1.82, 2.24) is 19.6 Å². The summed E-state index contributed by atoms with van der Waals surface area (Å²) < 4.78 is 7.49. The third-order valence-corrected chi connectivity index (χ3v) is 6.49. The van der Waals surface area contributed by atoms with Crippen molar-refractivity contribution < 1.29 is 14.6 Å². The van der Waals surface area contributed by atoms with E-state index in [-0.39, 0.29) is 11.7 Å². The maximum absolute atomic E-state index is 13.4. The van der Waals surface area contributed by atoms with Crippen molar-refractivity contribution in [2.45, 2.75) is 32.5 Å². The molecule has 3 heterocycles. The van der Waals surface area contributed by atoms with Gasteiger partial charge in [-0.2, -0.15) is 5.10 Å². The lowest BCUT2D eigenvalue weighted by Crippen LogP contribution is -2.41. The topological polar surface area (TPSA) is 70.8 Å². The maximum atomic E-state index is 13.4. The molecule has 0 spiro atoms. The predicted molar refractivity (Wildman–Crippen MR) is 125 cm³/mol. The third-order valence-electron chi connectivity index (χ3n) is 6.49. The zero-order valence-electron chi connectivity index (χ0n) is 18.8. The van der Waals surface area contributed by atoms with Crippen molar-refractivity contribution in [3.05, 3.63) is 82.7 Å². The summed E-state index contributed by atoms with van der Waals surface area (Å²) in [4.78, 5) is 17.6. The number of nitrogens with zero attached hydrogens (tertiary/aromatic N) is 4. The molecule has 0 saturated carbocycles. The summed E-state index contributed by atoms with van der Waals surface area (Å²) in [6.07, 6.45) is 1.74. The van der Waals surface area contributed by atoms with Gasteiger partial charge < -0.3 is 14.7 Å². The molecule has 1 saturated heterocycles. The van der Waals surface area contributed by atoms with Crippen molar-refractivity contribution in [3.8, 4) is 5.75 Å². The maximum Gasteiger partial charge on any atom is 0.274 e. The minimum atomic E-state index is 0.00668. The van der Waals surface area contributed by atoms with Gasteiger partial charge in [-0.3, -0.25) is 14.4 Å². The van der Waals surface area contributed by atoms with Crippen LogP contribution < -0.4 is 0 Å². The lowest BCUT2D eigenvalue weighted by Gasteiger charge is -2.29. The molecule has 1 fully saturated rings. The van der Waals surface area contributed by atoms with E-state index in [1.54, 1.807) is 12.1 Å². The van der Waals surface area contributed by atoms with Crippen LogP contribution >= 0.6 is 0 Å². The Labute approximate surface area is 194 Å². The molecule has 7 nitrogen and oxygen atoms in total. The fraction of sp³-hybridized carbons (Fsp3) is 0.385. The number of carbonyl (C=O) groups is 1. The van der Waals surface area contributed by atoms with E-state index >= 15 is 0 Å². The molecule has 172 valence electrons. The van der Waals surface area contributed by atoms with Crippen molar-refractivity contribution in [3.63, 3.8) is 0 Å². The van der Waals surface area contributed by atoms with Crippen LogP contribution in [0.1, 0.15) is 32.9 Å². The van der Waals surface area contributed by atoms with Gasteiger partial charge in [-0.15, -0.1) is 0 Å². The van der Waals surface area contributed by atoms with Crippen LogP contribution in [0.2, 0.25) is 0 Å².